The average Bonchev–Trinajstić information content (AvgIpc) is 2.76. The van der Waals surface area contributed by atoms with E-state index in [2.05, 4.69) is 10.8 Å². The minimum atomic E-state index is -0.581. The summed E-state index contributed by atoms with van der Waals surface area (Å²) in [5.41, 5.74) is 1.75. The first kappa shape index (κ1) is 19.3. The molecule has 2 aliphatic heterocycles. The normalized spacial score (nSPS) is 22.8. The highest BCUT2D eigenvalue weighted by Gasteiger charge is 2.47. The molecule has 0 saturated carbocycles. The SMILES string of the molecule is CON1C(=O)N2C[C@H]1CC[C@H]2C(=O)NOCCNC(=O)OC(C)(C)C. The number of rotatable bonds is 6. The lowest BCUT2D eigenvalue weighted by Gasteiger charge is -2.28. The Bertz CT molecular complexity index is 521. The summed E-state index contributed by atoms with van der Waals surface area (Å²) in [6.07, 6.45) is 0.679. The van der Waals surface area contributed by atoms with Crippen LogP contribution in [0.5, 0.6) is 0 Å². The van der Waals surface area contributed by atoms with Gasteiger partial charge >= 0.3 is 12.1 Å². The summed E-state index contributed by atoms with van der Waals surface area (Å²) in [7, 11) is 1.44. The van der Waals surface area contributed by atoms with E-state index < -0.39 is 17.7 Å². The molecule has 0 aliphatic carbocycles. The molecule has 2 N–H and O–H groups in total. The second-order valence-electron chi connectivity index (χ2n) is 6.93. The monoisotopic (exact) mass is 358 g/mol. The van der Waals surface area contributed by atoms with Gasteiger partial charge < -0.3 is 15.0 Å². The first-order valence-electron chi connectivity index (χ1n) is 8.25. The first-order valence-corrected chi connectivity index (χ1v) is 8.25. The van der Waals surface area contributed by atoms with Crippen molar-refractivity contribution >= 4 is 18.0 Å². The number of carbonyl (C=O) groups is 3. The Labute approximate surface area is 146 Å². The Morgan fingerprint density at radius 3 is 2.64 bits per heavy atom. The second-order valence-corrected chi connectivity index (χ2v) is 6.93. The van der Waals surface area contributed by atoms with Crippen LogP contribution in [0.1, 0.15) is 33.6 Å². The van der Waals surface area contributed by atoms with Crippen molar-refractivity contribution in [3.8, 4) is 0 Å². The summed E-state index contributed by atoms with van der Waals surface area (Å²) >= 11 is 0. The van der Waals surface area contributed by atoms with Gasteiger partial charge in [-0.2, -0.15) is 5.06 Å². The summed E-state index contributed by atoms with van der Waals surface area (Å²) in [6, 6.07) is -0.903. The molecule has 2 rings (SSSR count). The van der Waals surface area contributed by atoms with Crippen LogP contribution in [-0.2, 0) is 19.2 Å². The molecule has 2 fully saturated rings. The van der Waals surface area contributed by atoms with E-state index in [4.69, 9.17) is 14.4 Å². The third kappa shape index (κ3) is 4.95. The number of nitrogens with zero attached hydrogens (tertiary/aromatic N) is 2. The van der Waals surface area contributed by atoms with E-state index >= 15 is 0 Å². The topological polar surface area (TPSA) is 109 Å². The maximum absolute atomic E-state index is 12.2. The van der Waals surface area contributed by atoms with E-state index in [0.717, 1.165) is 0 Å². The fourth-order valence-corrected chi connectivity index (χ4v) is 2.85. The lowest BCUT2D eigenvalue weighted by atomic mass is 10.0. The average molecular weight is 358 g/mol. The molecule has 2 saturated heterocycles. The van der Waals surface area contributed by atoms with Gasteiger partial charge in [-0.1, -0.05) is 0 Å². The number of fused-ring (bicyclic) bond motifs is 2. The summed E-state index contributed by atoms with van der Waals surface area (Å²) in [6.45, 7) is 6.03. The van der Waals surface area contributed by atoms with Crippen molar-refractivity contribution < 1.29 is 28.8 Å². The molecule has 2 atom stereocenters. The summed E-state index contributed by atoms with van der Waals surface area (Å²) < 4.78 is 5.07. The number of ether oxygens (including phenoxy) is 1. The molecule has 0 aromatic rings. The molecule has 10 nitrogen and oxygen atoms in total. The number of amides is 4. The summed E-state index contributed by atoms with van der Waals surface area (Å²) in [5, 5.41) is 3.82. The Kier molecular flexibility index (Phi) is 6.07. The quantitative estimate of drug-likeness (QED) is 0.525. The van der Waals surface area contributed by atoms with Gasteiger partial charge in [0.2, 0.25) is 0 Å². The Morgan fingerprint density at radius 2 is 2.00 bits per heavy atom. The van der Waals surface area contributed by atoms with Crippen LogP contribution in [-0.4, -0.2) is 72.5 Å². The number of piperidine rings is 1. The number of hydrogen-bond donors (Lipinski definition) is 2. The van der Waals surface area contributed by atoms with Gasteiger partial charge in [-0.15, -0.1) is 0 Å². The highest BCUT2D eigenvalue weighted by molar-refractivity contribution is 5.88. The Hall–Kier alpha value is -2.07. The van der Waals surface area contributed by atoms with Crippen LogP contribution in [0.3, 0.4) is 0 Å². The van der Waals surface area contributed by atoms with E-state index in [1.54, 1.807) is 20.8 Å². The molecule has 0 spiro atoms. The van der Waals surface area contributed by atoms with Crippen molar-refractivity contribution in [2.75, 3.05) is 26.8 Å². The van der Waals surface area contributed by atoms with Crippen LogP contribution < -0.4 is 10.8 Å². The van der Waals surface area contributed by atoms with Gasteiger partial charge in [-0.3, -0.25) is 14.5 Å². The molecule has 0 aromatic carbocycles. The molecule has 142 valence electrons. The third-order valence-corrected chi connectivity index (χ3v) is 3.87. The molecule has 25 heavy (non-hydrogen) atoms. The number of alkyl carbamates (subject to hydrolysis) is 1. The molecule has 2 aliphatic rings. The number of hydroxylamine groups is 3. The van der Waals surface area contributed by atoms with E-state index in [-0.39, 0.29) is 31.1 Å². The zero-order valence-corrected chi connectivity index (χ0v) is 15.0. The Morgan fingerprint density at radius 1 is 1.28 bits per heavy atom. The van der Waals surface area contributed by atoms with Crippen molar-refractivity contribution in [1.82, 2.24) is 20.8 Å². The lowest BCUT2D eigenvalue weighted by molar-refractivity contribution is -0.138. The maximum atomic E-state index is 12.2. The molecular formula is C15H26N4O6. The number of hydrogen-bond acceptors (Lipinski definition) is 6. The minimum absolute atomic E-state index is 0.0134. The fourth-order valence-electron chi connectivity index (χ4n) is 2.85. The molecule has 4 amide bonds. The first-order chi connectivity index (χ1) is 11.7. The zero-order chi connectivity index (χ0) is 18.6. The van der Waals surface area contributed by atoms with Gasteiger partial charge in [0.25, 0.3) is 5.91 Å². The smallest absolute Gasteiger partial charge is 0.407 e. The van der Waals surface area contributed by atoms with Crippen LogP contribution in [0.4, 0.5) is 9.59 Å². The summed E-state index contributed by atoms with van der Waals surface area (Å²) in [5.74, 6) is -0.387. The standard InChI is InChI=1S/C15H26N4O6/c1-15(2,3)25-13(21)16-7-8-24-17-12(20)11-6-5-10-9-18(11)14(22)19(10)23-4/h10-11H,5-9H2,1-4H3,(H,16,21)(H,17,20)/t10-,11+/m1/s1. The van der Waals surface area contributed by atoms with Crippen molar-refractivity contribution in [3.05, 3.63) is 0 Å². The lowest BCUT2D eigenvalue weighted by Crippen LogP contribution is -2.50. The van der Waals surface area contributed by atoms with Crippen molar-refractivity contribution in [3.63, 3.8) is 0 Å². The fraction of sp³-hybridized carbons (Fsp3) is 0.800. The second kappa shape index (κ2) is 7.87. The van der Waals surface area contributed by atoms with Crippen molar-refractivity contribution in [2.24, 2.45) is 0 Å². The molecule has 0 aromatic heterocycles. The van der Waals surface area contributed by atoms with Gasteiger partial charge in [0, 0.05) is 13.1 Å². The molecular weight excluding hydrogens is 332 g/mol. The van der Waals surface area contributed by atoms with Gasteiger partial charge in [0.1, 0.15) is 11.6 Å². The predicted molar refractivity (Wildman–Crippen MR) is 86.1 cm³/mol. The van der Waals surface area contributed by atoms with Crippen LogP contribution in [0.15, 0.2) is 0 Å². The maximum Gasteiger partial charge on any atom is 0.407 e. The number of nitrogens with one attached hydrogen (secondary N) is 2. The largest absolute Gasteiger partial charge is 0.444 e. The number of urea groups is 1. The van der Waals surface area contributed by atoms with Gasteiger partial charge in [0.15, 0.2) is 0 Å². The molecule has 0 radical (unpaired) electrons. The third-order valence-electron chi connectivity index (χ3n) is 3.87. The van der Waals surface area contributed by atoms with Gasteiger partial charge in [-0.05, 0) is 33.6 Å². The van der Waals surface area contributed by atoms with E-state index in [9.17, 15) is 14.4 Å². The van der Waals surface area contributed by atoms with Gasteiger partial charge in [0.05, 0.1) is 19.8 Å². The van der Waals surface area contributed by atoms with Crippen molar-refractivity contribution in [2.45, 2.75) is 51.3 Å². The molecule has 2 bridgehead atoms. The highest BCUT2D eigenvalue weighted by Crippen LogP contribution is 2.29. The van der Waals surface area contributed by atoms with E-state index in [1.165, 1.54) is 17.1 Å². The minimum Gasteiger partial charge on any atom is -0.444 e. The zero-order valence-electron chi connectivity index (χ0n) is 15.0. The van der Waals surface area contributed by atoms with E-state index in [1.807, 2.05) is 0 Å². The predicted octanol–water partition coefficient (Wildman–Crippen LogP) is 0.389. The Balaban J connectivity index is 1.68. The summed E-state index contributed by atoms with van der Waals surface area (Å²) in [4.78, 5) is 47.4. The van der Waals surface area contributed by atoms with Crippen LogP contribution in [0.25, 0.3) is 0 Å². The highest BCUT2D eigenvalue weighted by atomic mass is 16.7. The number of carbonyl (C=O) groups excluding carboxylic acids is 3. The van der Waals surface area contributed by atoms with Crippen LogP contribution >= 0.6 is 0 Å². The molecule has 0 unspecified atom stereocenters. The van der Waals surface area contributed by atoms with Crippen LogP contribution in [0, 0.1) is 0 Å². The van der Waals surface area contributed by atoms with Crippen molar-refractivity contribution in [1.29, 1.82) is 0 Å². The molecule has 2 heterocycles. The van der Waals surface area contributed by atoms with Crippen LogP contribution in [0.2, 0.25) is 0 Å². The van der Waals surface area contributed by atoms with E-state index in [0.29, 0.717) is 19.4 Å². The van der Waals surface area contributed by atoms with Gasteiger partial charge in [-0.25, -0.2) is 15.1 Å². The molecule has 10 heteroatoms.